The molecule has 2 fully saturated rings. The summed E-state index contributed by atoms with van der Waals surface area (Å²) in [7, 11) is 0. The summed E-state index contributed by atoms with van der Waals surface area (Å²) in [6, 6.07) is 6.62. The quantitative estimate of drug-likeness (QED) is 0.277. The van der Waals surface area contributed by atoms with Gasteiger partial charge in [0.25, 0.3) is 0 Å². The number of fused-ring (bicyclic) bond motifs is 1. The number of ketones is 1. The van der Waals surface area contributed by atoms with E-state index in [9.17, 15) is 36.3 Å². The fraction of sp³-hybridized carbons (Fsp3) is 0.393. The van der Waals surface area contributed by atoms with E-state index in [1.54, 1.807) is 18.2 Å². The number of amides is 2. The minimum atomic E-state index is -5.16. The molecule has 1 aromatic heterocycles. The Balaban J connectivity index is 1.35. The third-order valence-corrected chi connectivity index (χ3v) is 7.04. The van der Waals surface area contributed by atoms with Crippen LogP contribution in [0.2, 0.25) is 0 Å². The van der Waals surface area contributed by atoms with Crippen molar-refractivity contribution in [3.63, 3.8) is 0 Å². The highest BCUT2D eigenvalue weighted by Crippen LogP contribution is 2.33. The molecule has 1 saturated carbocycles. The lowest BCUT2D eigenvalue weighted by Gasteiger charge is -2.24. The van der Waals surface area contributed by atoms with Crippen LogP contribution in [0, 0.1) is 11.7 Å². The summed E-state index contributed by atoms with van der Waals surface area (Å²) < 4.78 is 77.7. The average Bonchev–Trinajstić information content (AvgIpc) is 3.54. The Kier molecular flexibility index (Phi) is 7.62. The zero-order valence-electron chi connectivity index (χ0n) is 21.8. The van der Waals surface area contributed by atoms with Crippen molar-refractivity contribution in [1.29, 1.82) is 0 Å². The zero-order valence-corrected chi connectivity index (χ0v) is 21.8. The van der Waals surface area contributed by atoms with Crippen LogP contribution < -0.4 is 14.8 Å². The number of Topliss-reactive ketones (excluding diaryl/α,β-unsaturated/α-hetero) is 1. The summed E-state index contributed by atoms with van der Waals surface area (Å²) in [4.78, 5) is 39.6. The molecule has 0 spiro atoms. The number of rotatable bonds is 9. The van der Waals surface area contributed by atoms with Crippen molar-refractivity contribution in [2.75, 3.05) is 18.5 Å². The molecule has 3 aromatic rings. The average molecular weight is 580 g/mol. The maximum absolute atomic E-state index is 14.6. The molecule has 2 heterocycles. The number of likely N-dealkylation sites (tertiary alicyclic amines) is 1. The molecule has 2 amide bonds. The largest absolute Gasteiger partial charge is 0.573 e. The number of aromatic nitrogens is 1. The van der Waals surface area contributed by atoms with Crippen LogP contribution >= 0.6 is 0 Å². The van der Waals surface area contributed by atoms with Crippen molar-refractivity contribution >= 4 is 34.2 Å². The van der Waals surface area contributed by atoms with Crippen LogP contribution in [0.5, 0.6) is 11.5 Å². The highest BCUT2D eigenvalue weighted by Gasteiger charge is 2.40. The molecule has 2 aromatic carbocycles. The Labute approximate surface area is 231 Å². The summed E-state index contributed by atoms with van der Waals surface area (Å²) >= 11 is 0. The van der Waals surface area contributed by atoms with Crippen LogP contribution in [0.15, 0.2) is 42.6 Å². The topological polar surface area (TPSA) is 89.9 Å². The highest BCUT2D eigenvalue weighted by molar-refractivity contribution is 6.07. The first-order chi connectivity index (χ1) is 19.4. The van der Waals surface area contributed by atoms with E-state index in [1.165, 1.54) is 17.7 Å². The van der Waals surface area contributed by atoms with Crippen molar-refractivity contribution in [3.05, 3.63) is 54.0 Å². The third-order valence-electron chi connectivity index (χ3n) is 7.04. The van der Waals surface area contributed by atoms with E-state index in [1.807, 2.05) is 0 Å². The number of hydrogen-bond acceptors (Lipinski definition) is 5. The molecule has 0 unspecified atom stereocenters. The van der Waals surface area contributed by atoms with Crippen LogP contribution in [0.3, 0.4) is 0 Å². The maximum atomic E-state index is 14.6. The number of halogens is 5. The first kappa shape index (κ1) is 28.4. The predicted molar refractivity (Wildman–Crippen MR) is 137 cm³/mol. The molecule has 41 heavy (non-hydrogen) atoms. The van der Waals surface area contributed by atoms with Gasteiger partial charge in [0.2, 0.25) is 11.8 Å². The number of carbonyl (C=O) groups is 3. The molecule has 1 saturated heterocycles. The lowest BCUT2D eigenvalue weighted by atomic mass is 10.1. The maximum Gasteiger partial charge on any atom is 0.573 e. The van der Waals surface area contributed by atoms with Gasteiger partial charge in [-0.3, -0.25) is 14.4 Å². The fourth-order valence-electron chi connectivity index (χ4n) is 4.84. The SMILES string of the molecule is CC(=O)c1cn(CC(=O)N2C[C@H](F)C[C@H]2C(=O)Nc2cccc(OC(F)(F)F)c2F)c2cc(OCC3CC3)ccc12. The smallest absolute Gasteiger partial charge is 0.493 e. The minimum absolute atomic E-state index is 0.228. The second kappa shape index (κ2) is 11.0. The normalized spacial score (nSPS) is 18.9. The number of anilines is 1. The van der Waals surface area contributed by atoms with E-state index in [0.717, 1.165) is 35.9 Å². The van der Waals surface area contributed by atoms with Crippen LogP contribution in [0.1, 0.15) is 36.5 Å². The summed E-state index contributed by atoms with van der Waals surface area (Å²) in [5.74, 6) is -3.40. The lowest BCUT2D eigenvalue weighted by Crippen LogP contribution is -2.44. The standard InChI is InChI=1S/C28H26F5N3O5/c1-15(37)20-12-35(22-10-18(7-8-19(20)22)40-14-16-5-6-16)13-25(38)36-11-17(29)9-23(36)27(39)34-21-3-2-4-24(26(21)30)41-28(31,32)33/h2-4,7-8,10,12,16-17,23H,5-6,9,11,13-14H2,1H3,(H,34,39)/t17-,23+/m1/s1. The fourth-order valence-corrected chi connectivity index (χ4v) is 4.84. The van der Waals surface area contributed by atoms with Crippen molar-refractivity contribution < 1.29 is 45.8 Å². The number of nitrogens with one attached hydrogen (secondary N) is 1. The summed E-state index contributed by atoms with van der Waals surface area (Å²) in [5.41, 5.74) is 0.294. The van der Waals surface area contributed by atoms with Crippen molar-refractivity contribution in [2.24, 2.45) is 5.92 Å². The first-order valence-electron chi connectivity index (χ1n) is 12.9. The van der Waals surface area contributed by atoms with Gasteiger partial charge in [0.1, 0.15) is 24.5 Å². The van der Waals surface area contributed by atoms with Gasteiger partial charge >= 0.3 is 6.36 Å². The Bertz CT molecular complexity index is 1500. The van der Waals surface area contributed by atoms with Gasteiger partial charge in [-0.25, -0.2) is 8.78 Å². The molecular weight excluding hydrogens is 553 g/mol. The van der Waals surface area contributed by atoms with Gasteiger partial charge in [0.15, 0.2) is 17.3 Å². The molecule has 13 heteroatoms. The second-order valence-electron chi connectivity index (χ2n) is 10.2. The van der Waals surface area contributed by atoms with Crippen molar-refractivity contribution in [3.8, 4) is 11.5 Å². The lowest BCUT2D eigenvalue weighted by molar-refractivity contribution is -0.275. The summed E-state index contributed by atoms with van der Waals surface area (Å²) in [5, 5.41) is 2.74. The van der Waals surface area contributed by atoms with Gasteiger partial charge in [-0.1, -0.05) is 6.07 Å². The molecular formula is C28H26F5N3O5. The monoisotopic (exact) mass is 579 g/mol. The number of nitrogens with zero attached hydrogens (tertiary/aromatic N) is 2. The van der Waals surface area contributed by atoms with Crippen LogP contribution in [0.4, 0.5) is 27.6 Å². The van der Waals surface area contributed by atoms with Gasteiger partial charge in [-0.15, -0.1) is 13.2 Å². The molecule has 2 atom stereocenters. The van der Waals surface area contributed by atoms with Gasteiger partial charge in [-0.2, -0.15) is 0 Å². The van der Waals surface area contributed by atoms with Crippen LogP contribution in [-0.2, 0) is 16.1 Å². The summed E-state index contributed by atoms with van der Waals surface area (Å²) in [6.45, 7) is 1.20. The molecule has 5 rings (SSSR count). The number of carbonyl (C=O) groups excluding carboxylic acids is 3. The molecule has 1 aliphatic heterocycles. The summed E-state index contributed by atoms with van der Waals surface area (Å²) in [6.07, 6.45) is -3.40. The predicted octanol–water partition coefficient (Wildman–Crippen LogP) is 5.25. The van der Waals surface area contributed by atoms with Crippen molar-refractivity contribution in [2.45, 2.75) is 51.3 Å². The first-order valence-corrected chi connectivity index (χ1v) is 12.9. The zero-order chi connectivity index (χ0) is 29.5. The van der Waals surface area contributed by atoms with Crippen molar-refractivity contribution in [1.82, 2.24) is 9.47 Å². The van der Waals surface area contributed by atoms with Gasteiger partial charge < -0.3 is 24.3 Å². The Morgan fingerprint density at radius 1 is 1.12 bits per heavy atom. The Morgan fingerprint density at radius 3 is 2.56 bits per heavy atom. The van der Waals surface area contributed by atoms with Gasteiger partial charge in [0.05, 0.1) is 24.4 Å². The third kappa shape index (κ3) is 6.44. The van der Waals surface area contributed by atoms with Gasteiger partial charge in [-0.05, 0) is 49.9 Å². The number of hydrogen-bond donors (Lipinski definition) is 1. The van der Waals surface area contributed by atoms with E-state index in [0.29, 0.717) is 34.7 Å². The number of ether oxygens (including phenoxy) is 2. The van der Waals surface area contributed by atoms with E-state index in [-0.39, 0.29) is 18.7 Å². The molecule has 2 aliphatic rings. The van der Waals surface area contributed by atoms with Crippen LogP contribution in [0.25, 0.3) is 10.9 Å². The molecule has 1 N–H and O–H groups in total. The van der Waals surface area contributed by atoms with E-state index < -0.39 is 54.2 Å². The highest BCUT2D eigenvalue weighted by atomic mass is 19.4. The van der Waals surface area contributed by atoms with E-state index in [4.69, 9.17) is 4.74 Å². The number of benzene rings is 2. The Morgan fingerprint density at radius 2 is 1.88 bits per heavy atom. The van der Waals surface area contributed by atoms with E-state index in [2.05, 4.69) is 10.1 Å². The second-order valence-corrected chi connectivity index (χ2v) is 10.2. The molecule has 218 valence electrons. The van der Waals surface area contributed by atoms with E-state index >= 15 is 0 Å². The molecule has 0 radical (unpaired) electrons. The molecule has 1 aliphatic carbocycles. The minimum Gasteiger partial charge on any atom is -0.493 e. The Hall–Kier alpha value is -4.16. The van der Waals surface area contributed by atoms with Gasteiger partial charge in [0, 0.05) is 29.6 Å². The molecule has 0 bridgehead atoms. The number of alkyl halides is 4. The molecule has 8 nitrogen and oxygen atoms in total. The van der Waals surface area contributed by atoms with Crippen LogP contribution in [-0.4, -0.2) is 58.8 Å².